The second-order valence-corrected chi connectivity index (χ2v) is 8.34. The van der Waals surface area contributed by atoms with Crippen LogP contribution in [0.15, 0.2) is 53.6 Å². The molecule has 1 amide bonds. The highest BCUT2D eigenvalue weighted by Crippen LogP contribution is 2.54. The van der Waals surface area contributed by atoms with E-state index in [0.29, 0.717) is 6.42 Å². The first-order valence-electron chi connectivity index (χ1n) is 10.8. The van der Waals surface area contributed by atoms with E-state index in [-0.39, 0.29) is 24.3 Å². The van der Waals surface area contributed by atoms with Gasteiger partial charge >= 0.3 is 5.97 Å². The third-order valence-corrected chi connectivity index (χ3v) is 6.61. The van der Waals surface area contributed by atoms with Crippen LogP contribution in [0.4, 0.5) is 17.1 Å². The lowest BCUT2D eigenvalue weighted by Crippen LogP contribution is -2.61. The highest BCUT2D eigenvalue weighted by Gasteiger charge is 2.63. The summed E-state index contributed by atoms with van der Waals surface area (Å²) in [5, 5.41) is 6.71. The highest BCUT2D eigenvalue weighted by molar-refractivity contribution is 6.43. The summed E-state index contributed by atoms with van der Waals surface area (Å²) < 4.78 is 5.40. The molecule has 2 aromatic rings. The largest absolute Gasteiger partial charge is 0.460 e. The van der Waals surface area contributed by atoms with Gasteiger partial charge in [0.05, 0.1) is 29.6 Å². The Balaban J connectivity index is 1.78. The van der Waals surface area contributed by atoms with Crippen LogP contribution in [-0.4, -0.2) is 37.0 Å². The number of hydrazone groups is 1. The predicted molar refractivity (Wildman–Crippen MR) is 120 cm³/mol. The molecule has 1 saturated carbocycles. The predicted octanol–water partition coefficient (Wildman–Crippen LogP) is 3.67. The van der Waals surface area contributed by atoms with Crippen LogP contribution in [0, 0.1) is 12.8 Å². The summed E-state index contributed by atoms with van der Waals surface area (Å²) in [5.41, 5.74) is 2.77. The number of carbonyl (C=O) groups excluding carboxylic acids is 2. The van der Waals surface area contributed by atoms with Crippen molar-refractivity contribution in [3.8, 4) is 0 Å². The van der Waals surface area contributed by atoms with E-state index in [9.17, 15) is 9.59 Å². The van der Waals surface area contributed by atoms with E-state index in [2.05, 4.69) is 0 Å². The molecule has 2 aliphatic heterocycles. The third kappa shape index (κ3) is 2.69. The summed E-state index contributed by atoms with van der Waals surface area (Å²) >= 11 is 0. The molecule has 0 saturated heterocycles. The van der Waals surface area contributed by atoms with Crippen LogP contribution >= 0.6 is 0 Å². The lowest BCUT2D eigenvalue weighted by Gasteiger charge is -2.43. The molecule has 0 N–H and O–H groups in total. The van der Waals surface area contributed by atoms with Gasteiger partial charge < -0.3 is 9.64 Å². The average Bonchev–Trinajstić information content (AvgIpc) is 3.34. The maximum Gasteiger partial charge on any atom is 0.376 e. The minimum atomic E-state index is -0.782. The Morgan fingerprint density at radius 3 is 2.58 bits per heavy atom. The number of nitrogens with zero attached hydrogens (tertiary/aromatic N) is 4. The Bertz CT molecular complexity index is 1080. The van der Waals surface area contributed by atoms with Gasteiger partial charge in [-0.15, -0.1) is 5.10 Å². The number of esters is 1. The molecule has 2 aromatic carbocycles. The van der Waals surface area contributed by atoms with E-state index in [0.717, 1.165) is 35.5 Å². The molecule has 2 atom stereocenters. The van der Waals surface area contributed by atoms with Crippen LogP contribution in [0.25, 0.3) is 0 Å². The molecule has 0 aromatic heterocycles. The Kier molecular flexibility index (Phi) is 4.50. The Morgan fingerprint density at radius 1 is 1.16 bits per heavy atom. The number of hydrogen-bond acceptors (Lipinski definition) is 6. The van der Waals surface area contributed by atoms with Crippen molar-refractivity contribution in [2.75, 3.05) is 28.5 Å². The Hall–Kier alpha value is -3.35. The summed E-state index contributed by atoms with van der Waals surface area (Å²) in [6.07, 6.45) is 2.32. The fourth-order valence-corrected chi connectivity index (χ4v) is 5.23. The van der Waals surface area contributed by atoms with Crippen LogP contribution in [0.5, 0.6) is 0 Å². The first-order valence-corrected chi connectivity index (χ1v) is 10.8. The Labute approximate surface area is 181 Å². The van der Waals surface area contributed by atoms with Gasteiger partial charge in [-0.3, -0.25) is 9.69 Å². The van der Waals surface area contributed by atoms with Gasteiger partial charge in [-0.05, 0) is 57.4 Å². The molecule has 1 aliphatic carbocycles. The number of aryl methyl sites for hydroxylation is 1. The first kappa shape index (κ1) is 19.6. The molecule has 0 unspecified atom stereocenters. The fourth-order valence-electron chi connectivity index (χ4n) is 5.23. The summed E-state index contributed by atoms with van der Waals surface area (Å²) in [6.45, 7) is 4.07. The number of fused-ring (bicyclic) bond motifs is 2. The van der Waals surface area contributed by atoms with E-state index >= 15 is 0 Å². The van der Waals surface area contributed by atoms with Gasteiger partial charge in [0.25, 0.3) is 0 Å². The number of amides is 1. The van der Waals surface area contributed by atoms with Crippen molar-refractivity contribution in [2.45, 2.75) is 38.8 Å². The van der Waals surface area contributed by atoms with Crippen molar-refractivity contribution in [3.63, 3.8) is 0 Å². The minimum Gasteiger partial charge on any atom is -0.460 e. The molecule has 1 fully saturated rings. The van der Waals surface area contributed by atoms with Crippen molar-refractivity contribution in [3.05, 3.63) is 54.1 Å². The van der Waals surface area contributed by atoms with Crippen molar-refractivity contribution >= 4 is 34.8 Å². The topological polar surface area (TPSA) is 65.5 Å². The smallest absolute Gasteiger partial charge is 0.376 e. The standard InChI is InChI=1S/C24H26N4O3/c1-4-31-23(30)21-25-28(17-13-11-16(2)12-14-17)24-15-7-8-18(24)22(29)26(3)19-9-5-6-10-20(19)27(21)24/h5-6,9-14,18H,4,7-8,15H2,1-3H3/t18-,24-/m0/s1. The molecule has 7 nitrogen and oxygen atoms in total. The van der Waals surface area contributed by atoms with Gasteiger partial charge in [-0.2, -0.15) is 0 Å². The highest BCUT2D eigenvalue weighted by atomic mass is 16.5. The fraction of sp³-hybridized carbons (Fsp3) is 0.375. The van der Waals surface area contributed by atoms with E-state index in [1.54, 1.807) is 11.8 Å². The monoisotopic (exact) mass is 418 g/mol. The van der Waals surface area contributed by atoms with E-state index in [4.69, 9.17) is 9.84 Å². The lowest BCUT2D eigenvalue weighted by atomic mass is 9.92. The number of amidine groups is 1. The van der Waals surface area contributed by atoms with Gasteiger partial charge in [0.2, 0.25) is 11.7 Å². The average molecular weight is 418 g/mol. The van der Waals surface area contributed by atoms with E-state index < -0.39 is 11.6 Å². The zero-order valence-electron chi connectivity index (χ0n) is 18.0. The maximum atomic E-state index is 13.7. The Morgan fingerprint density at radius 2 is 1.87 bits per heavy atom. The first-order chi connectivity index (χ1) is 15.0. The van der Waals surface area contributed by atoms with Gasteiger partial charge in [-0.1, -0.05) is 29.8 Å². The number of para-hydroxylation sites is 2. The van der Waals surface area contributed by atoms with Gasteiger partial charge in [0.15, 0.2) is 5.66 Å². The van der Waals surface area contributed by atoms with E-state index in [1.807, 2.05) is 72.4 Å². The number of anilines is 3. The lowest BCUT2D eigenvalue weighted by molar-refractivity contribution is -0.135. The molecular formula is C24H26N4O3. The van der Waals surface area contributed by atoms with Crippen LogP contribution in [0.2, 0.25) is 0 Å². The molecule has 160 valence electrons. The summed E-state index contributed by atoms with van der Waals surface area (Å²) in [4.78, 5) is 30.4. The second-order valence-electron chi connectivity index (χ2n) is 8.34. The molecule has 3 aliphatic rings. The number of benzene rings is 2. The quantitative estimate of drug-likeness (QED) is 0.712. The van der Waals surface area contributed by atoms with Crippen molar-refractivity contribution in [2.24, 2.45) is 11.0 Å². The van der Waals surface area contributed by atoms with Gasteiger partial charge in [0, 0.05) is 7.05 Å². The minimum absolute atomic E-state index is 0.0462. The molecule has 0 radical (unpaired) electrons. The molecule has 5 rings (SSSR count). The summed E-state index contributed by atoms with van der Waals surface area (Å²) in [7, 11) is 1.81. The maximum absolute atomic E-state index is 13.7. The molecule has 31 heavy (non-hydrogen) atoms. The second kappa shape index (κ2) is 7.11. The number of rotatable bonds is 3. The van der Waals surface area contributed by atoms with E-state index in [1.165, 1.54) is 0 Å². The normalized spacial score (nSPS) is 24.4. The summed E-state index contributed by atoms with van der Waals surface area (Å²) in [5.74, 6) is -0.537. The van der Waals surface area contributed by atoms with Crippen LogP contribution in [0.3, 0.4) is 0 Å². The van der Waals surface area contributed by atoms with Crippen LogP contribution in [-0.2, 0) is 14.3 Å². The van der Waals surface area contributed by atoms with Crippen molar-refractivity contribution < 1.29 is 14.3 Å². The number of ether oxygens (including phenoxy) is 1. The van der Waals surface area contributed by atoms with Crippen LogP contribution in [0.1, 0.15) is 31.7 Å². The molecule has 7 heteroatoms. The molecule has 1 spiro atoms. The zero-order chi connectivity index (χ0) is 21.8. The van der Waals surface area contributed by atoms with Crippen molar-refractivity contribution in [1.29, 1.82) is 0 Å². The number of carbonyl (C=O) groups is 2. The molecular weight excluding hydrogens is 392 g/mol. The molecule has 2 heterocycles. The molecule has 0 bridgehead atoms. The van der Waals surface area contributed by atoms with Gasteiger partial charge in [-0.25, -0.2) is 9.80 Å². The van der Waals surface area contributed by atoms with Gasteiger partial charge in [0.1, 0.15) is 0 Å². The third-order valence-electron chi connectivity index (χ3n) is 6.61. The van der Waals surface area contributed by atoms with Crippen LogP contribution < -0.4 is 14.8 Å². The summed E-state index contributed by atoms with van der Waals surface area (Å²) in [6, 6.07) is 15.8. The number of hydrogen-bond donors (Lipinski definition) is 0. The van der Waals surface area contributed by atoms with Crippen molar-refractivity contribution in [1.82, 2.24) is 0 Å². The zero-order valence-corrected chi connectivity index (χ0v) is 18.0. The SMILES string of the molecule is CCOC(=O)C1=NN(c2ccc(C)cc2)[C@@]23CCC[C@H]2C(=O)N(C)c2ccccc2N13.